The van der Waals surface area contributed by atoms with Crippen molar-refractivity contribution < 1.29 is 22.7 Å². The Balaban J connectivity index is 1.32. The van der Waals surface area contributed by atoms with Crippen molar-refractivity contribution in [3.63, 3.8) is 0 Å². The second-order valence-corrected chi connectivity index (χ2v) is 8.04. The van der Waals surface area contributed by atoms with Crippen LogP contribution in [0.15, 0.2) is 28.7 Å². The van der Waals surface area contributed by atoms with Crippen molar-refractivity contribution in [3.05, 3.63) is 45.5 Å². The highest BCUT2D eigenvalue weighted by molar-refractivity contribution is 5.79. The summed E-state index contributed by atoms with van der Waals surface area (Å²) in [5.74, 6) is -0.215. The molecule has 1 atom stereocenters. The largest absolute Gasteiger partial charge is 0.416 e. The standard InChI is InChI=1S/C20H25F3N4O3/c21-20(22,23)15-7-17-11-25(4-5-27(17)19(29)8-15)12-18(28)24-9-14-1-3-26(10-14)16-2-6-30-13-16/h7-9,16H,1-6,10-13H2,(H,24,28)/b14-9+. The van der Waals surface area contributed by atoms with Gasteiger partial charge < -0.3 is 14.6 Å². The van der Waals surface area contributed by atoms with E-state index in [2.05, 4.69) is 10.2 Å². The summed E-state index contributed by atoms with van der Waals surface area (Å²) >= 11 is 0. The first-order chi connectivity index (χ1) is 14.3. The Labute approximate surface area is 172 Å². The molecule has 4 rings (SSSR count). The number of amides is 1. The summed E-state index contributed by atoms with van der Waals surface area (Å²) in [7, 11) is 0. The van der Waals surface area contributed by atoms with Crippen molar-refractivity contribution in [2.45, 2.75) is 38.1 Å². The van der Waals surface area contributed by atoms with Crippen LogP contribution < -0.4 is 10.9 Å². The van der Waals surface area contributed by atoms with Crippen LogP contribution in [0.25, 0.3) is 0 Å². The maximum Gasteiger partial charge on any atom is 0.416 e. The lowest BCUT2D eigenvalue weighted by Gasteiger charge is -2.29. The predicted molar refractivity (Wildman–Crippen MR) is 103 cm³/mol. The molecule has 1 aromatic heterocycles. The highest BCUT2D eigenvalue weighted by Gasteiger charge is 2.33. The van der Waals surface area contributed by atoms with Gasteiger partial charge in [0.15, 0.2) is 0 Å². The molecule has 2 fully saturated rings. The lowest BCUT2D eigenvalue weighted by molar-refractivity contribution is -0.138. The highest BCUT2D eigenvalue weighted by Crippen LogP contribution is 2.29. The number of hydrogen-bond donors (Lipinski definition) is 1. The summed E-state index contributed by atoms with van der Waals surface area (Å²) in [6.07, 6.45) is -0.880. The lowest BCUT2D eigenvalue weighted by Crippen LogP contribution is -2.43. The molecular weight excluding hydrogens is 401 g/mol. The van der Waals surface area contributed by atoms with Crippen LogP contribution in [0.2, 0.25) is 0 Å². The summed E-state index contributed by atoms with van der Waals surface area (Å²) in [4.78, 5) is 28.4. The number of nitrogens with zero attached hydrogens (tertiary/aromatic N) is 3. The second-order valence-electron chi connectivity index (χ2n) is 8.04. The number of alkyl halides is 3. The summed E-state index contributed by atoms with van der Waals surface area (Å²) in [6.45, 7) is 4.20. The Morgan fingerprint density at radius 1 is 1.23 bits per heavy atom. The highest BCUT2D eigenvalue weighted by atomic mass is 19.4. The third-order valence-corrected chi connectivity index (χ3v) is 5.92. The molecule has 10 heteroatoms. The predicted octanol–water partition coefficient (Wildman–Crippen LogP) is 1.18. The van der Waals surface area contributed by atoms with E-state index in [4.69, 9.17) is 4.74 Å². The first kappa shape index (κ1) is 21.1. The monoisotopic (exact) mass is 426 g/mol. The average Bonchev–Trinajstić information content (AvgIpc) is 3.37. The zero-order valence-electron chi connectivity index (χ0n) is 16.6. The molecule has 1 N–H and O–H groups in total. The maximum absolute atomic E-state index is 13.0. The Bertz CT molecular complexity index is 890. The number of likely N-dealkylation sites (tertiary alicyclic amines) is 1. The molecule has 3 aliphatic rings. The normalized spacial score (nSPS) is 24.4. The van der Waals surface area contributed by atoms with Crippen LogP contribution in [-0.4, -0.2) is 65.7 Å². The van der Waals surface area contributed by atoms with Crippen molar-refractivity contribution in [1.29, 1.82) is 0 Å². The number of carbonyl (C=O) groups is 1. The molecule has 1 amide bonds. The number of pyridine rings is 1. The molecule has 0 spiro atoms. The van der Waals surface area contributed by atoms with Crippen molar-refractivity contribution in [3.8, 4) is 0 Å². The molecule has 3 aliphatic heterocycles. The third kappa shape index (κ3) is 4.76. The number of nitrogens with one attached hydrogen (secondary N) is 1. The summed E-state index contributed by atoms with van der Waals surface area (Å²) in [5, 5.41) is 2.80. The zero-order valence-corrected chi connectivity index (χ0v) is 16.6. The molecule has 0 bridgehead atoms. The van der Waals surface area contributed by atoms with Crippen molar-refractivity contribution >= 4 is 5.91 Å². The topological polar surface area (TPSA) is 66.8 Å². The lowest BCUT2D eigenvalue weighted by atomic mass is 10.1. The number of ether oxygens (including phenoxy) is 1. The number of hydrogen-bond acceptors (Lipinski definition) is 5. The van der Waals surface area contributed by atoms with Gasteiger partial charge in [0.1, 0.15) is 0 Å². The molecule has 164 valence electrons. The first-order valence-corrected chi connectivity index (χ1v) is 10.1. The Hall–Kier alpha value is -2.17. The second kappa shape index (κ2) is 8.52. The minimum atomic E-state index is -4.57. The van der Waals surface area contributed by atoms with Gasteiger partial charge in [-0.05, 0) is 24.5 Å². The van der Waals surface area contributed by atoms with Gasteiger partial charge in [0, 0.05) is 63.3 Å². The fourth-order valence-corrected chi connectivity index (χ4v) is 4.26. The minimum Gasteiger partial charge on any atom is -0.380 e. The quantitative estimate of drug-likeness (QED) is 0.783. The van der Waals surface area contributed by atoms with E-state index in [1.54, 1.807) is 11.1 Å². The summed E-state index contributed by atoms with van der Waals surface area (Å²) in [6, 6.07) is 2.07. The maximum atomic E-state index is 13.0. The number of fused-ring (bicyclic) bond motifs is 1. The van der Waals surface area contributed by atoms with Gasteiger partial charge in [-0.1, -0.05) is 0 Å². The van der Waals surface area contributed by atoms with Gasteiger partial charge >= 0.3 is 6.18 Å². The number of halogens is 3. The molecule has 4 heterocycles. The van der Waals surface area contributed by atoms with Crippen LogP contribution in [0.1, 0.15) is 24.1 Å². The van der Waals surface area contributed by atoms with Crippen LogP contribution in [-0.2, 0) is 28.8 Å². The van der Waals surface area contributed by atoms with Gasteiger partial charge in [-0.2, -0.15) is 13.2 Å². The van der Waals surface area contributed by atoms with E-state index >= 15 is 0 Å². The minimum absolute atomic E-state index is 0.0639. The molecule has 2 saturated heterocycles. The Morgan fingerprint density at radius 2 is 2.07 bits per heavy atom. The molecule has 30 heavy (non-hydrogen) atoms. The zero-order chi connectivity index (χ0) is 21.3. The number of carbonyl (C=O) groups excluding carboxylic acids is 1. The average molecular weight is 426 g/mol. The Morgan fingerprint density at radius 3 is 2.80 bits per heavy atom. The molecular formula is C20H25F3N4O3. The van der Waals surface area contributed by atoms with Crippen molar-refractivity contribution in [2.24, 2.45) is 0 Å². The molecule has 0 radical (unpaired) electrons. The van der Waals surface area contributed by atoms with E-state index < -0.39 is 17.3 Å². The van der Waals surface area contributed by atoms with E-state index in [1.165, 1.54) is 4.57 Å². The van der Waals surface area contributed by atoms with Crippen LogP contribution in [0.4, 0.5) is 13.2 Å². The fraction of sp³-hybridized carbons (Fsp3) is 0.600. The number of rotatable bonds is 4. The SMILES string of the molecule is O=C(CN1CCn2c(cc(C(F)(F)F)cc2=O)C1)N/C=C1\CCN(C2CCOC2)C1. The van der Waals surface area contributed by atoms with Crippen LogP contribution in [0.3, 0.4) is 0 Å². The van der Waals surface area contributed by atoms with E-state index in [0.717, 1.165) is 50.8 Å². The van der Waals surface area contributed by atoms with E-state index in [-0.39, 0.29) is 31.2 Å². The Kier molecular flexibility index (Phi) is 5.99. The van der Waals surface area contributed by atoms with Gasteiger partial charge in [0.2, 0.25) is 5.91 Å². The van der Waals surface area contributed by atoms with Gasteiger partial charge in [0.25, 0.3) is 5.56 Å². The van der Waals surface area contributed by atoms with Crippen LogP contribution >= 0.6 is 0 Å². The molecule has 0 saturated carbocycles. The summed E-state index contributed by atoms with van der Waals surface area (Å²) in [5.41, 5.74) is -0.182. The molecule has 0 aromatic carbocycles. The third-order valence-electron chi connectivity index (χ3n) is 5.92. The molecule has 0 aliphatic carbocycles. The van der Waals surface area contributed by atoms with E-state index in [1.807, 2.05) is 0 Å². The van der Waals surface area contributed by atoms with Crippen LogP contribution in [0, 0.1) is 0 Å². The molecule has 7 nitrogen and oxygen atoms in total. The van der Waals surface area contributed by atoms with Crippen LogP contribution in [0.5, 0.6) is 0 Å². The van der Waals surface area contributed by atoms with Gasteiger partial charge in [-0.3, -0.25) is 19.4 Å². The molecule has 1 aromatic rings. The molecule has 1 unspecified atom stereocenters. The van der Waals surface area contributed by atoms with Gasteiger partial charge in [-0.25, -0.2) is 0 Å². The fourth-order valence-electron chi connectivity index (χ4n) is 4.26. The van der Waals surface area contributed by atoms with Gasteiger partial charge in [-0.15, -0.1) is 0 Å². The van der Waals surface area contributed by atoms with Crippen molar-refractivity contribution in [2.75, 3.05) is 39.4 Å². The number of aromatic nitrogens is 1. The van der Waals surface area contributed by atoms with Crippen molar-refractivity contribution in [1.82, 2.24) is 19.7 Å². The van der Waals surface area contributed by atoms with E-state index in [0.29, 0.717) is 18.7 Å². The first-order valence-electron chi connectivity index (χ1n) is 10.1. The van der Waals surface area contributed by atoms with Gasteiger partial charge in [0.05, 0.1) is 18.7 Å². The smallest absolute Gasteiger partial charge is 0.380 e. The summed E-state index contributed by atoms with van der Waals surface area (Å²) < 4.78 is 45.7. The van der Waals surface area contributed by atoms with E-state index in [9.17, 15) is 22.8 Å².